The van der Waals surface area contributed by atoms with Crippen molar-refractivity contribution in [1.29, 1.82) is 0 Å². The van der Waals surface area contributed by atoms with Crippen molar-refractivity contribution in [3.8, 4) is 0 Å². The number of amides is 2. The monoisotopic (exact) mass is 319 g/mol. The average molecular weight is 319 g/mol. The molecule has 0 saturated carbocycles. The molecule has 1 aromatic carbocycles. The second-order valence-corrected chi connectivity index (χ2v) is 6.42. The molecule has 1 atom stereocenters. The van der Waals surface area contributed by atoms with Gasteiger partial charge < -0.3 is 10.6 Å². The Balaban J connectivity index is 2.07. The van der Waals surface area contributed by atoms with Crippen molar-refractivity contribution >= 4 is 28.7 Å². The number of anilines is 1. The van der Waals surface area contributed by atoms with E-state index in [4.69, 9.17) is 0 Å². The Morgan fingerprint density at radius 2 is 2.00 bits per heavy atom. The van der Waals surface area contributed by atoms with Crippen molar-refractivity contribution in [2.45, 2.75) is 26.8 Å². The van der Waals surface area contributed by atoms with Crippen molar-refractivity contribution in [2.75, 3.05) is 5.32 Å². The van der Waals surface area contributed by atoms with Gasteiger partial charge in [-0.15, -0.1) is 11.3 Å². The van der Waals surface area contributed by atoms with Crippen LogP contribution in [0.25, 0.3) is 0 Å². The molecule has 0 bridgehead atoms. The second kappa shape index (κ2) is 6.57. The van der Waals surface area contributed by atoms with Crippen molar-refractivity contribution < 1.29 is 9.72 Å². The summed E-state index contributed by atoms with van der Waals surface area (Å²) in [6.07, 6.45) is 0. The summed E-state index contributed by atoms with van der Waals surface area (Å²) >= 11 is 1.67. The lowest BCUT2D eigenvalue weighted by Crippen LogP contribution is -2.31. The average Bonchev–Trinajstić information content (AvgIpc) is 2.78. The minimum atomic E-state index is -0.522. The van der Waals surface area contributed by atoms with Gasteiger partial charge in [0, 0.05) is 15.8 Å². The van der Waals surface area contributed by atoms with E-state index in [1.165, 1.54) is 17.0 Å². The summed E-state index contributed by atoms with van der Waals surface area (Å²) < 4.78 is 0. The van der Waals surface area contributed by atoms with Crippen LogP contribution in [-0.4, -0.2) is 11.0 Å². The van der Waals surface area contributed by atoms with E-state index in [0.717, 1.165) is 10.4 Å². The number of carbonyl (C=O) groups excluding carboxylic acids is 1. The SMILES string of the molecule is Cc1cc(C(C)NC(=O)Nc2ccccc2[N+](=O)[O-])c(C)s1. The van der Waals surface area contributed by atoms with Crippen molar-refractivity contribution in [2.24, 2.45) is 0 Å². The third-order valence-electron chi connectivity index (χ3n) is 3.24. The number of aryl methyl sites for hydroxylation is 2. The fourth-order valence-electron chi connectivity index (χ4n) is 2.25. The van der Waals surface area contributed by atoms with E-state index in [0.29, 0.717) is 0 Å². The Bertz CT molecular complexity index is 712. The summed E-state index contributed by atoms with van der Waals surface area (Å²) in [6, 6.07) is 7.45. The Labute approximate surface area is 132 Å². The van der Waals surface area contributed by atoms with Gasteiger partial charge in [-0.3, -0.25) is 10.1 Å². The lowest BCUT2D eigenvalue weighted by Gasteiger charge is -2.14. The van der Waals surface area contributed by atoms with Crippen LogP contribution in [0.4, 0.5) is 16.2 Å². The lowest BCUT2D eigenvalue weighted by atomic mass is 10.1. The van der Waals surface area contributed by atoms with Crippen LogP contribution in [0.3, 0.4) is 0 Å². The maximum atomic E-state index is 12.0. The Morgan fingerprint density at radius 1 is 1.32 bits per heavy atom. The zero-order valence-corrected chi connectivity index (χ0v) is 13.4. The third kappa shape index (κ3) is 3.62. The molecule has 7 heteroatoms. The number of nitrogens with zero attached hydrogens (tertiary/aromatic N) is 1. The molecule has 0 radical (unpaired) electrons. The van der Waals surface area contributed by atoms with Gasteiger partial charge in [0.05, 0.1) is 11.0 Å². The number of nitro groups is 1. The summed E-state index contributed by atoms with van der Waals surface area (Å²) in [7, 11) is 0. The molecule has 0 aliphatic rings. The smallest absolute Gasteiger partial charge is 0.319 e. The molecule has 22 heavy (non-hydrogen) atoms. The van der Waals surface area contributed by atoms with Crippen LogP contribution in [0, 0.1) is 24.0 Å². The maximum absolute atomic E-state index is 12.0. The zero-order valence-electron chi connectivity index (χ0n) is 12.5. The quantitative estimate of drug-likeness (QED) is 0.655. The molecular formula is C15H17N3O3S. The Kier molecular flexibility index (Phi) is 4.77. The molecule has 116 valence electrons. The minimum absolute atomic E-state index is 0.132. The second-order valence-electron chi connectivity index (χ2n) is 4.96. The van der Waals surface area contributed by atoms with Gasteiger partial charge in [0.15, 0.2) is 0 Å². The van der Waals surface area contributed by atoms with Gasteiger partial charge in [-0.05, 0) is 38.5 Å². The first kappa shape index (κ1) is 16.0. The van der Waals surface area contributed by atoms with Gasteiger partial charge in [0.25, 0.3) is 5.69 Å². The van der Waals surface area contributed by atoms with Crippen LogP contribution < -0.4 is 10.6 Å². The summed E-state index contributed by atoms with van der Waals surface area (Å²) in [5, 5.41) is 16.3. The highest BCUT2D eigenvalue weighted by atomic mass is 32.1. The Hall–Kier alpha value is -2.41. The molecular weight excluding hydrogens is 302 g/mol. The highest BCUT2D eigenvalue weighted by molar-refractivity contribution is 7.12. The predicted octanol–water partition coefficient (Wildman–Crippen LogP) is 4.16. The van der Waals surface area contributed by atoms with E-state index in [2.05, 4.69) is 10.6 Å². The molecule has 2 rings (SSSR count). The standard InChI is InChI=1S/C15H17N3O3S/c1-9-8-12(11(3)22-9)10(2)16-15(19)17-13-6-4-5-7-14(13)18(20)21/h4-8,10H,1-3H3,(H2,16,17,19). The number of rotatable bonds is 4. The molecule has 1 aromatic heterocycles. The van der Waals surface area contributed by atoms with Crippen LogP contribution in [-0.2, 0) is 0 Å². The fourth-order valence-corrected chi connectivity index (χ4v) is 3.27. The van der Waals surface area contributed by atoms with Crippen LogP contribution >= 0.6 is 11.3 Å². The molecule has 1 unspecified atom stereocenters. The van der Waals surface area contributed by atoms with Gasteiger partial charge in [-0.2, -0.15) is 0 Å². The van der Waals surface area contributed by atoms with E-state index in [-0.39, 0.29) is 17.4 Å². The van der Waals surface area contributed by atoms with Crippen LogP contribution in [0.1, 0.15) is 28.3 Å². The molecule has 6 nitrogen and oxygen atoms in total. The van der Waals surface area contributed by atoms with Crippen LogP contribution in [0.5, 0.6) is 0 Å². The number of hydrogen-bond acceptors (Lipinski definition) is 4. The third-order valence-corrected chi connectivity index (χ3v) is 4.22. The van der Waals surface area contributed by atoms with Gasteiger partial charge in [0.2, 0.25) is 0 Å². The molecule has 0 aliphatic carbocycles. The number of nitrogens with one attached hydrogen (secondary N) is 2. The lowest BCUT2D eigenvalue weighted by molar-refractivity contribution is -0.383. The number of thiophene rings is 1. The molecule has 0 aliphatic heterocycles. The minimum Gasteiger partial charge on any atom is -0.331 e. The van der Waals surface area contributed by atoms with Crippen molar-refractivity contribution in [1.82, 2.24) is 5.32 Å². The number of hydrogen-bond donors (Lipinski definition) is 2. The van der Waals surface area contributed by atoms with Crippen molar-refractivity contribution in [3.63, 3.8) is 0 Å². The predicted molar refractivity (Wildman–Crippen MR) is 87.5 cm³/mol. The number of para-hydroxylation sites is 2. The fraction of sp³-hybridized carbons (Fsp3) is 0.267. The normalized spacial score (nSPS) is 11.8. The maximum Gasteiger partial charge on any atom is 0.319 e. The first-order chi connectivity index (χ1) is 10.4. The molecule has 0 fully saturated rings. The topological polar surface area (TPSA) is 84.3 Å². The van der Waals surface area contributed by atoms with Crippen molar-refractivity contribution in [3.05, 3.63) is 55.8 Å². The summed E-state index contributed by atoms with van der Waals surface area (Å²) in [5.41, 5.74) is 1.10. The molecule has 1 heterocycles. The van der Waals surface area contributed by atoms with E-state index in [1.54, 1.807) is 23.5 Å². The van der Waals surface area contributed by atoms with Crippen LogP contribution in [0.15, 0.2) is 30.3 Å². The number of benzene rings is 1. The first-order valence-corrected chi connectivity index (χ1v) is 7.58. The zero-order chi connectivity index (χ0) is 16.3. The number of urea groups is 1. The number of carbonyl (C=O) groups is 1. The Morgan fingerprint density at radius 3 is 2.59 bits per heavy atom. The highest BCUT2D eigenvalue weighted by Crippen LogP contribution is 2.27. The van der Waals surface area contributed by atoms with E-state index < -0.39 is 11.0 Å². The van der Waals surface area contributed by atoms with E-state index in [9.17, 15) is 14.9 Å². The molecule has 2 N–H and O–H groups in total. The van der Waals surface area contributed by atoms with Gasteiger partial charge in [0.1, 0.15) is 5.69 Å². The van der Waals surface area contributed by atoms with Gasteiger partial charge in [-0.1, -0.05) is 12.1 Å². The molecule has 0 saturated heterocycles. The summed E-state index contributed by atoms with van der Waals surface area (Å²) in [4.78, 5) is 24.8. The highest BCUT2D eigenvalue weighted by Gasteiger charge is 2.17. The molecule has 2 amide bonds. The van der Waals surface area contributed by atoms with Gasteiger partial charge >= 0.3 is 6.03 Å². The summed E-state index contributed by atoms with van der Waals surface area (Å²) in [5.74, 6) is 0. The van der Waals surface area contributed by atoms with E-state index >= 15 is 0 Å². The molecule has 2 aromatic rings. The number of nitro benzene ring substituents is 1. The molecule has 0 spiro atoms. The first-order valence-electron chi connectivity index (χ1n) is 6.76. The van der Waals surface area contributed by atoms with E-state index in [1.807, 2.05) is 26.8 Å². The van der Waals surface area contributed by atoms with Crippen LogP contribution in [0.2, 0.25) is 0 Å². The summed E-state index contributed by atoms with van der Waals surface area (Å²) in [6.45, 7) is 5.90. The van der Waals surface area contributed by atoms with Gasteiger partial charge in [-0.25, -0.2) is 4.79 Å². The largest absolute Gasteiger partial charge is 0.331 e.